The van der Waals surface area contributed by atoms with Crippen molar-refractivity contribution in [1.82, 2.24) is 9.47 Å². The summed E-state index contributed by atoms with van der Waals surface area (Å²) in [7, 11) is 1.64. The van der Waals surface area contributed by atoms with Gasteiger partial charge in [0, 0.05) is 17.9 Å². The summed E-state index contributed by atoms with van der Waals surface area (Å²) >= 11 is 0. The Labute approximate surface area is 229 Å². The van der Waals surface area contributed by atoms with E-state index in [1.54, 1.807) is 12.0 Å². The second kappa shape index (κ2) is 10.7. The van der Waals surface area contributed by atoms with Crippen molar-refractivity contribution in [3.63, 3.8) is 0 Å². The summed E-state index contributed by atoms with van der Waals surface area (Å²) in [6, 6.07) is 24.7. The highest BCUT2D eigenvalue weighted by Gasteiger charge is 2.37. The van der Waals surface area contributed by atoms with Crippen LogP contribution < -0.4 is 15.0 Å². The quantitative estimate of drug-likeness (QED) is 0.315. The molecular formula is C32H34N4O3. The van der Waals surface area contributed by atoms with E-state index in [9.17, 15) is 9.59 Å². The molecule has 0 spiro atoms. The number of nitrogens with zero attached hydrogens (tertiary/aromatic N) is 3. The van der Waals surface area contributed by atoms with Crippen LogP contribution in [0.25, 0.3) is 5.69 Å². The molecule has 1 N–H and O–H groups in total. The van der Waals surface area contributed by atoms with Gasteiger partial charge in [0.2, 0.25) is 5.91 Å². The number of fused-ring (bicyclic) bond motifs is 3. The summed E-state index contributed by atoms with van der Waals surface area (Å²) in [6.45, 7) is 7.75. The van der Waals surface area contributed by atoms with E-state index in [0.29, 0.717) is 0 Å². The Bertz CT molecular complexity index is 1510. The lowest BCUT2D eigenvalue weighted by Crippen LogP contribution is -2.49. The normalized spacial score (nSPS) is 14.0. The molecule has 1 atom stereocenters. The van der Waals surface area contributed by atoms with Crippen LogP contribution in [0.3, 0.4) is 0 Å². The average molecular weight is 523 g/mol. The largest absolute Gasteiger partial charge is 0.497 e. The summed E-state index contributed by atoms with van der Waals surface area (Å²) in [5.74, 6) is 0.581. The molecule has 200 valence electrons. The molecule has 5 rings (SSSR count). The molecule has 0 bridgehead atoms. The summed E-state index contributed by atoms with van der Waals surface area (Å²) in [4.78, 5) is 31.1. The van der Waals surface area contributed by atoms with Crippen LogP contribution >= 0.6 is 0 Å². The molecule has 3 amide bonds. The minimum absolute atomic E-state index is 0.0733. The van der Waals surface area contributed by atoms with Crippen molar-refractivity contribution in [2.24, 2.45) is 0 Å². The van der Waals surface area contributed by atoms with E-state index in [1.165, 1.54) is 0 Å². The number of aromatic nitrogens is 1. The number of nitrogens with one attached hydrogen (secondary N) is 1. The molecule has 4 aromatic rings. The predicted molar refractivity (Wildman–Crippen MR) is 155 cm³/mol. The standard InChI is InChI=1S/C32H34N4O3/c1-21(2)35(32(38)33-26-17-12-22(3)19-23(26)4)20-30(37)36-28-10-7-6-9-27(28)34-18-8-11-29(34)31(36)24-13-15-25(39-5)16-14-24/h6-19,21,31H,20H2,1-5H3,(H,33,38)/t31-/m0/s1. The van der Waals surface area contributed by atoms with Crippen molar-refractivity contribution in [1.29, 1.82) is 0 Å². The van der Waals surface area contributed by atoms with Crippen molar-refractivity contribution < 1.29 is 14.3 Å². The molecule has 0 saturated heterocycles. The van der Waals surface area contributed by atoms with Crippen LogP contribution in [0.5, 0.6) is 5.75 Å². The molecule has 7 nitrogen and oxygen atoms in total. The second-order valence-electron chi connectivity index (χ2n) is 10.2. The summed E-state index contributed by atoms with van der Waals surface area (Å²) in [6.07, 6.45) is 2.02. The number of ether oxygens (including phenoxy) is 1. The number of rotatable bonds is 6. The second-order valence-corrected chi connectivity index (χ2v) is 10.2. The average Bonchev–Trinajstić information content (AvgIpc) is 3.42. The number of methoxy groups -OCH3 is 1. The number of carbonyl (C=O) groups excluding carboxylic acids is 2. The Morgan fingerprint density at radius 3 is 2.33 bits per heavy atom. The Morgan fingerprint density at radius 2 is 1.67 bits per heavy atom. The number of hydrogen-bond donors (Lipinski definition) is 1. The van der Waals surface area contributed by atoms with E-state index in [4.69, 9.17) is 4.74 Å². The van der Waals surface area contributed by atoms with Crippen LogP contribution in [-0.4, -0.2) is 41.1 Å². The minimum Gasteiger partial charge on any atom is -0.497 e. The van der Waals surface area contributed by atoms with Gasteiger partial charge >= 0.3 is 6.03 Å². The number of urea groups is 1. The number of benzene rings is 3. The molecule has 1 aliphatic rings. The van der Waals surface area contributed by atoms with Gasteiger partial charge in [-0.05, 0) is 81.3 Å². The van der Waals surface area contributed by atoms with Gasteiger partial charge in [0.15, 0.2) is 0 Å². The lowest BCUT2D eigenvalue weighted by atomic mass is 9.97. The third-order valence-electron chi connectivity index (χ3n) is 7.23. The number of anilines is 2. The molecule has 3 aromatic carbocycles. The molecule has 1 aromatic heterocycles. The van der Waals surface area contributed by atoms with E-state index in [1.807, 2.05) is 118 Å². The molecule has 7 heteroatoms. The van der Waals surface area contributed by atoms with Gasteiger partial charge in [-0.2, -0.15) is 0 Å². The van der Waals surface area contributed by atoms with Crippen LogP contribution in [-0.2, 0) is 4.79 Å². The first-order valence-electron chi connectivity index (χ1n) is 13.2. The zero-order chi connectivity index (χ0) is 27.7. The summed E-state index contributed by atoms with van der Waals surface area (Å²) in [5.41, 5.74) is 6.48. The first-order valence-corrected chi connectivity index (χ1v) is 13.2. The first-order chi connectivity index (χ1) is 18.8. The maximum absolute atomic E-state index is 14.3. The smallest absolute Gasteiger partial charge is 0.322 e. The van der Waals surface area contributed by atoms with Gasteiger partial charge in [-0.1, -0.05) is 42.0 Å². The van der Waals surface area contributed by atoms with E-state index < -0.39 is 0 Å². The number of amides is 3. The molecule has 0 saturated carbocycles. The van der Waals surface area contributed by atoms with Crippen LogP contribution in [0, 0.1) is 13.8 Å². The van der Waals surface area contributed by atoms with Gasteiger partial charge in [0.05, 0.1) is 24.2 Å². The third-order valence-corrected chi connectivity index (χ3v) is 7.23. The van der Waals surface area contributed by atoms with Gasteiger partial charge in [-0.25, -0.2) is 4.79 Å². The third kappa shape index (κ3) is 5.00. The number of para-hydroxylation sites is 2. The Morgan fingerprint density at radius 1 is 0.949 bits per heavy atom. The van der Waals surface area contributed by atoms with Crippen molar-refractivity contribution in [3.05, 3.63) is 107 Å². The highest BCUT2D eigenvalue weighted by Crippen LogP contribution is 2.42. The van der Waals surface area contributed by atoms with Crippen molar-refractivity contribution in [2.75, 3.05) is 23.9 Å². The summed E-state index contributed by atoms with van der Waals surface area (Å²) < 4.78 is 7.50. The fraction of sp³-hybridized carbons (Fsp3) is 0.250. The zero-order valence-corrected chi connectivity index (χ0v) is 23.0. The Kier molecular flexibility index (Phi) is 7.15. The van der Waals surface area contributed by atoms with Gasteiger partial charge in [0.25, 0.3) is 0 Å². The minimum atomic E-state index is -0.371. The van der Waals surface area contributed by atoms with Crippen molar-refractivity contribution >= 4 is 23.3 Å². The Hall–Kier alpha value is -4.52. The van der Waals surface area contributed by atoms with Crippen LogP contribution in [0.4, 0.5) is 16.2 Å². The molecule has 0 fully saturated rings. The van der Waals surface area contributed by atoms with Gasteiger partial charge in [0.1, 0.15) is 18.3 Å². The SMILES string of the molecule is COc1ccc([C@H]2c3cccn3-c3ccccc3N2C(=O)CN(C(=O)Nc2ccc(C)cc2C)C(C)C)cc1. The highest BCUT2D eigenvalue weighted by atomic mass is 16.5. The zero-order valence-electron chi connectivity index (χ0n) is 23.0. The molecular weight excluding hydrogens is 488 g/mol. The van der Waals surface area contributed by atoms with Gasteiger partial charge in [-0.15, -0.1) is 0 Å². The number of aryl methyl sites for hydroxylation is 2. The van der Waals surface area contributed by atoms with Crippen molar-refractivity contribution in [2.45, 2.75) is 39.8 Å². The maximum Gasteiger partial charge on any atom is 0.322 e. The van der Waals surface area contributed by atoms with Crippen molar-refractivity contribution in [3.8, 4) is 11.4 Å². The molecule has 0 aliphatic carbocycles. The molecule has 0 radical (unpaired) electrons. The van der Waals surface area contributed by atoms with E-state index >= 15 is 0 Å². The van der Waals surface area contributed by atoms with Crippen LogP contribution in [0.1, 0.15) is 42.3 Å². The summed E-state index contributed by atoms with van der Waals surface area (Å²) in [5, 5.41) is 3.01. The van der Waals surface area contributed by atoms with E-state index in [-0.39, 0.29) is 30.6 Å². The van der Waals surface area contributed by atoms with Crippen LogP contribution in [0.2, 0.25) is 0 Å². The number of hydrogen-bond acceptors (Lipinski definition) is 3. The first kappa shape index (κ1) is 26.1. The lowest BCUT2D eigenvalue weighted by molar-refractivity contribution is -0.119. The van der Waals surface area contributed by atoms with E-state index in [0.717, 1.165) is 45.2 Å². The monoisotopic (exact) mass is 522 g/mol. The van der Waals surface area contributed by atoms with Crippen LogP contribution in [0.15, 0.2) is 85.1 Å². The lowest BCUT2D eigenvalue weighted by Gasteiger charge is -2.40. The number of carbonyl (C=O) groups is 2. The van der Waals surface area contributed by atoms with Gasteiger partial charge in [-0.3, -0.25) is 9.69 Å². The predicted octanol–water partition coefficient (Wildman–Crippen LogP) is 6.48. The van der Waals surface area contributed by atoms with Gasteiger partial charge < -0.3 is 19.5 Å². The fourth-order valence-electron chi connectivity index (χ4n) is 5.22. The molecule has 0 unspecified atom stereocenters. The molecule has 39 heavy (non-hydrogen) atoms. The highest BCUT2D eigenvalue weighted by molar-refractivity contribution is 6.01. The van der Waals surface area contributed by atoms with E-state index in [2.05, 4.69) is 9.88 Å². The molecule has 1 aliphatic heterocycles. The Balaban J connectivity index is 1.51. The maximum atomic E-state index is 14.3. The fourth-order valence-corrected chi connectivity index (χ4v) is 5.22. The topological polar surface area (TPSA) is 66.8 Å². The molecule has 2 heterocycles.